The molecule has 0 bridgehead atoms. The molecule has 0 unspecified atom stereocenters. The summed E-state index contributed by atoms with van der Waals surface area (Å²) in [5, 5.41) is 0. The minimum Gasteiger partial charge on any atom is -0.497 e. The fourth-order valence-corrected chi connectivity index (χ4v) is 2.75. The molecular weight excluding hydrogens is 283 g/mol. The maximum absolute atomic E-state index is 14.4. The Labute approximate surface area is 125 Å². The Balaban J connectivity index is 2.03. The highest BCUT2D eigenvalue weighted by Crippen LogP contribution is 2.31. The van der Waals surface area contributed by atoms with Crippen LogP contribution in [-0.2, 0) is 0 Å². The first-order valence-electron chi connectivity index (χ1n) is 6.83. The summed E-state index contributed by atoms with van der Waals surface area (Å²) in [5.74, 6) is 0.112. The average Bonchev–Trinajstić information content (AvgIpc) is 3.13. The Hall–Kier alpha value is -2.89. The summed E-state index contributed by atoms with van der Waals surface area (Å²) < 4.78 is 21.3. The first-order valence-corrected chi connectivity index (χ1v) is 6.83. The zero-order valence-electron chi connectivity index (χ0n) is 12.1. The van der Waals surface area contributed by atoms with Gasteiger partial charge in [0, 0.05) is 17.8 Å². The van der Waals surface area contributed by atoms with Crippen molar-refractivity contribution in [2.45, 2.75) is 6.92 Å². The van der Waals surface area contributed by atoms with Crippen molar-refractivity contribution in [2.24, 2.45) is 0 Å². The second-order valence-electron chi connectivity index (χ2n) is 5.07. The summed E-state index contributed by atoms with van der Waals surface area (Å²) in [4.78, 5) is 12.0. The highest BCUT2D eigenvalue weighted by molar-refractivity contribution is 5.85. The van der Waals surface area contributed by atoms with Crippen LogP contribution in [0.25, 0.3) is 27.9 Å². The van der Waals surface area contributed by atoms with Crippen LogP contribution < -0.4 is 4.74 Å². The van der Waals surface area contributed by atoms with Gasteiger partial charge in [-0.25, -0.2) is 14.4 Å². The van der Waals surface area contributed by atoms with E-state index in [4.69, 9.17) is 4.74 Å². The van der Waals surface area contributed by atoms with E-state index in [9.17, 15) is 4.39 Å². The fraction of sp³-hybridized carbons (Fsp3) is 0.125. The van der Waals surface area contributed by atoms with Crippen LogP contribution in [0.1, 0.15) is 5.69 Å². The van der Waals surface area contributed by atoms with Gasteiger partial charge in [-0.15, -0.1) is 0 Å². The number of H-pyrrole nitrogens is 1. The van der Waals surface area contributed by atoms with Gasteiger partial charge in [-0.3, -0.25) is 4.40 Å². The number of ether oxygens (including phenoxy) is 1. The van der Waals surface area contributed by atoms with Crippen molar-refractivity contribution in [3.05, 3.63) is 48.3 Å². The molecule has 0 amide bonds. The lowest BCUT2D eigenvalue weighted by Gasteiger charge is -2.06. The molecule has 1 N–H and O–H groups in total. The molecule has 4 rings (SSSR count). The largest absolute Gasteiger partial charge is 0.497 e. The van der Waals surface area contributed by atoms with Crippen LogP contribution in [0.2, 0.25) is 0 Å². The number of nitrogens with one attached hydrogen (secondary N) is 1. The smallest absolute Gasteiger partial charge is 0.154 e. The topological polar surface area (TPSA) is 55.2 Å². The van der Waals surface area contributed by atoms with Crippen molar-refractivity contribution in [3.63, 3.8) is 0 Å². The van der Waals surface area contributed by atoms with Crippen LogP contribution in [0.4, 0.5) is 4.39 Å². The highest BCUT2D eigenvalue weighted by atomic mass is 19.1. The van der Waals surface area contributed by atoms with E-state index in [2.05, 4.69) is 15.0 Å². The number of aryl methyl sites for hydroxylation is 1. The molecule has 6 heteroatoms. The lowest BCUT2D eigenvalue weighted by atomic mass is 10.1. The zero-order valence-corrected chi connectivity index (χ0v) is 12.1. The maximum atomic E-state index is 14.4. The number of methoxy groups -OCH3 is 1. The van der Waals surface area contributed by atoms with Crippen molar-refractivity contribution in [1.82, 2.24) is 19.4 Å². The number of aromatic amines is 1. The maximum Gasteiger partial charge on any atom is 0.154 e. The van der Waals surface area contributed by atoms with Crippen LogP contribution in [0.5, 0.6) is 5.75 Å². The van der Waals surface area contributed by atoms with E-state index < -0.39 is 0 Å². The third-order valence-corrected chi connectivity index (χ3v) is 3.78. The van der Waals surface area contributed by atoms with Gasteiger partial charge in [0.05, 0.1) is 23.8 Å². The highest BCUT2D eigenvalue weighted by Gasteiger charge is 2.17. The van der Waals surface area contributed by atoms with Gasteiger partial charge in [-0.05, 0) is 25.1 Å². The predicted octanol–water partition coefficient (Wildman–Crippen LogP) is 3.33. The van der Waals surface area contributed by atoms with Crippen molar-refractivity contribution in [3.8, 4) is 17.0 Å². The normalized spacial score (nSPS) is 11.4. The summed E-state index contributed by atoms with van der Waals surface area (Å²) in [6.45, 7) is 1.89. The van der Waals surface area contributed by atoms with Gasteiger partial charge in [0.1, 0.15) is 23.6 Å². The van der Waals surface area contributed by atoms with E-state index in [1.807, 2.05) is 23.6 Å². The number of halogens is 1. The molecule has 0 aliphatic heterocycles. The van der Waals surface area contributed by atoms with Crippen LogP contribution in [0.15, 0.2) is 36.8 Å². The lowest BCUT2D eigenvalue weighted by molar-refractivity contribution is 0.411. The van der Waals surface area contributed by atoms with Gasteiger partial charge in [-0.1, -0.05) is 0 Å². The minimum absolute atomic E-state index is 0.367. The van der Waals surface area contributed by atoms with E-state index in [0.717, 1.165) is 22.4 Å². The standard InChI is InChI=1S/C16H13FN4O/c1-9-15-14(11-4-3-10(22-2)7-12(11)17)19-8-21(15)13-5-6-18-16(13)20-9/h3-8,18H,1-2H3. The molecule has 0 aliphatic rings. The molecule has 3 heterocycles. The van der Waals surface area contributed by atoms with Crippen LogP contribution in [0.3, 0.4) is 0 Å². The second kappa shape index (κ2) is 4.56. The fourth-order valence-electron chi connectivity index (χ4n) is 2.75. The molecule has 0 saturated carbocycles. The van der Waals surface area contributed by atoms with E-state index in [0.29, 0.717) is 17.0 Å². The number of fused-ring (bicyclic) bond motifs is 3. The monoisotopic (exact) mass is 296 g/mol. The van der Waals surface area contributed by atoms with Gasteiger partial charge < -0.3 is 9.72 Å². The number of hydrogen-bond acceptors (Lipinski definition) is 3. The number of imidazole rings is 1. The summed E-state index contributed by atoms with van der Waals surface area (Å²) in [6, 6.07) is 6.68. The van der Waals surface area contributed by atoms with Crippen molar-refractivity contribution < 1.29 is 9.13 Å². The van der Waals surface area contributed by atoms with Gasteiger partial charge in [-0.2, -0.15) is 0 Å². The molecule has 0 spiro atoms. The summed E-state index contributed by atoms with van der Waals surface area (Å²) in [5.41, 5.74) is 4.29. The van der Waals surface area contributed by atoms with E-state index >= 15 is 0 Å². The summed E-state index contributed by atoms with van der Waals surface area (Å²) >= 11 is 0. The summed E-state index contributed by atoms with van der Waals surface area (Å²) in [6.07, 6.45) is 3.52. The van der Waals surface area contributed by atoms with Gasteiger partial charge in [0.15, 0.2) is 5.65 Å². The number of aromatic nitrogens is 4. The molecule has 5 nitrogen and oxygen atoms in total. The molecular formula is C16H13FN4O. The molecule has 0 atom stereocenters. The molecule has 22 heavy (non-hydrogen) atoms. The van der Waals surface area contributed by atoms with E-state index in [1.165, 1.54) is 13.2 Å². The molecule has 0 radical (unpaired) electrons. The molecule has 1 aromatic carbocycles. The number of benzene rings is 1. The van der Waals surface area contributed by atoms with Gasteiger partial charge in [0.2, 0.25) is 0 Å². The SMILES string of the molecule is COc1ccc(-c2ncn3c2c(C)nc2[nH]ccc23)c(F)c1. The van der Waals surface area contributed by atoms with Gasteiger partial charge >= 0.3 is 0 Å². The number of hydrogen-bond donors (Lipinski definition) is 1. The van der Waals surface area contributed by atoms with Crippen molar-refractivity contribution in [2.75, 3.05) is 7.11 Å². The van der Waals surface area contributed by atoms with Crippen LogP contribution in [0, 0.1) is 12.7 Å². The van der Waals surface area contributed by atoms with Crippen molar-refractivity contribution >= 4 is 16.7 Å². The predicted molar refractivity (Wildman–Crippen MR) is 81.5 cm³/mol. The Morgan fingerprint density at radius 2 is 2.14 bits per heavy atom. The van der Waals surface area contributed by atoms with Gasteiger partial charge in [0.25, 0.3) is 0 Å². The molecule has 4 aromatic rings. The molecule has 0 saturated heterocycles. The molecule has 3 aromatic heterocycles. The lowest BCUT2D eigenvalue weighted by Crippen LogP contribution is -1.94. The Kier molecular flexibility index (Phi) is 2.66. The Bertz CT molecular complexity index is 1000. The van der Waals surface area contributed by atoms with E-state index in [1.54, 1.807) is 18.5 Å². The van der Waals surface area contributed by atoms with Crippen LogP contribution in [-0.4, -0.2) is 26.5 Å². The number of nitrogens with zero attached hydrogens (tertiary/aromatic N) is 3. The molecule has 0 fully saturated rings. The Morgan fingerprint density at radius 1 is 1.27 bits per heavy atom. The average molecular weight is 296 g/mol. The Morgan fingerprint density at radius 3 is 2.91 bits per heavy atom. The first-order chi connectivity index (χ1) is 10.7. The molecule has 0 aliphatic carbocycles. The third kappa shape index (κ3) is 1.70. The third-order valence-electron chi connectivity index (χ3n) is 3.78. The zero-order chi connectivity index (χ0) is 15.3. The second-order valence-corrected chi connectivity index (χ2v) is 5.07. The van der Waals surface area contributed by atoms with Crippen LogP contribution >= 0.6 is 0 Å². The van der Waals surface area contributed by atoms with Crippen molar-refractivity contribution in [1.29, 1.82) is 0 Å². The molecule has 110 valence electrons. The number of rotatable bonds is 2. The first kappa shape index (κ1) is 12.8. The van der Waals surface area contributed by atoms with E-state index in [-0.39, 0.29) is 5.82 Å². The minimum atomic E-state index is -0.367. The summed E-state index contributed by atoms with van der Waals surface area (Å²) in [7, 11) is 1.51. The quantitative estimate of drug-likeness (QED) is 0.617.